The highest BCUT2D eigenvalue weighted by Gasteiger charge is 2.08. The van der Waals surface area contributed by atoms with E-state index in [1.807, 2.05) is 0 Å². The summed E-state index contributed by atoms with van der Waals surface area (Å²) in [5.74, 6) is 0. The molecule has 0 radical (unpaired) electrons. The molecule has 0 spiro atoms. The fourth-order valence-corrected chi connectivity index (χ4v) is 2.09. The van der Waals surface area contributed by atoms with Crippen LogP contribution >= 0.6 is 0 Å². The topological polar surface area (TPSA) is 7.76 Å². The van der Waals surface area contributed by atoms with Gasteiger partial charge in [-0.15, -0.1) is 0 Å². The summed E-state index contributed by atoms with van der Waals surface area (Å²) >= 11 is 0. The van der Waals surface area contributed by atoms with Gasteiger partial charge in [0.05, 0.1) is 0 Å². The predicted molar refractivity (Wildman–Crippen MR) is 67.3 cm³/mol. The molecule has 0 aromatic carbocycles. The lowest BCUT2D eigenvalue weighted by atomic mass is 10.1. The molecule has 88 valence electrons. The molecule has 0 unspecified atom stereocenters. The van der Waals surface area contributed by atoms with Crippen molar-refractivity contribution in [3.63, 3.8) is 0 Å². The Morgan fingerprint density at radius 2 is 1.24 bits per heavy atom. The first-order chi connectivity index (χ1) is 8.27. The quantitative estimate of drug-likeness (QED) is 0.701. The van der Waals surface area contributed by atoms with Crippen LogP contribution < -0.4 is 9.13 Å². The van der Waals surface area contributed by atoms with E-state index >= 15 is 0 Å². The Morgan fingerprint density at radius 1 is 0.765 bits per heavy atom. The van der Waals surface area contributed by atoms with Crippen molar-refractivity contribution in [2.75, 3.05) is 0 Å². The first-order valence-corrected chi connectivity index (χ1v) is 6.14. The average Bonchev–Trinajstić information content (AvgIpc) is 2.34. The lowest BCUT2D eigenvalue weighted by Gasteiger charge is -2.00. The molecule has 0 bridgehead atoms. The second-order valence-corrected chi connectivity index (χ2v) is 4.46. The summed E-state index contributed by atoms with van der Waals surface area (Å²) in [7, 11) is 4.22. The van der Waals surface area contributed by atoms with Crippen molar-refractivity contribution in [1.29, 1.82) is 0 Å². The number of rotatable bonds is 4. The maximum Gasteiger partial charge on any atom is 0.181 e. The van der Waals surface area contributed by atoms with Crippen molar-refractivity contribution in [2.45, 2.75) is 19.3 Å². The van der Waals surface area contributed by atoms with Crippen molar-refractivity contribution < 1.29 is 9.13 Å². The van der Waals surface area contributed by atoms with Gasteiger partial charge in [0.15, 0.2) is 23.8 Å². The molecule has 2 rings (SSSR count). The van der Waals surface area contributed by atoms with Gasteiger partial charge in [-0.3, -0.25) is 0 Å². The highest BCUT2D eigenvalue weighted by molar-refractivity contribution is 5.00. The van der Waals surface area contributed by atoms with Gasteiger partial charge < -0.3 is 0 Å². The summed E-state index contributed by atoms with van der Waals surface area (Å²) in [4.78, 5) is 0. The van der Waals surface area contributed by atoms with Gasteiger partial charge in [0.2, 0.25) is 0 Å². The lowest BCUT2D eigenvalue weighted by Crippen LogP contribution is -2.34. The van der Waals surface area contributed by atoms with E-state index in [-0.39, 0.29) is 0 Å². The zero-order chi connectivity index (χ0) is 12.1. The molecule has 2 aromatic heterocycles. The molecule has 2 heterocycles. The van der Waals surface area contributed by atoms with E-state index in [1.165, 1.54) is 17.8 Å². The van der Waals surface area contributed by atoms with Gasteiger partial charge in [0.1, 0.15) is 14.1 Å². The molecule has 0 saturated carbocycles. The Labute approximate surface area is 103 Å². The predicted octanol–water partition coefficient (Wildman–Crippen LogP) is 1.51. The molecule has 0 aliphatic heterocycles. The summed E-state index contributed by atoms with van der Waals surface area (Å²) in [6, 6.07) is 12.8. The van der Waals surface area contributed by atoms with Gasteiger partial charge in [-0.2, -0.15) is 0 Å². The average molecular weight is 228 g/mol. The molecule has 0 atom stereocenters. The van der Waals surface area contributed by atoms with Gasteiger partial charge in [-0.05, 0) is 6.42 Å². The maximum atomic E-state index is 2.20. The molecule has 0 N–H and O–H groups in total. The van der Waals surface area contributed by atoms with Gasteiger partial charge in [-0.25, -0.2) is 9.13 Å². The number of aromatic nitrogens is 2. The van der Waals surface area contributed by atoms with Crippen LogP contribution in [0.1, 0.15) is 17.8 Å². The summed E-state index contributed by atoms with van der Waals surface area (Å²) in [5, 5.41) is 0. The molecule has 2 heteroatoms. The fraction of sp³-hybridized carbons (Fsp3) is 0.333. The minimum Gasteiger partial charge on any atom is -0.205 e. The standard InChI is InChI=1S/C15H20N2/c1-16-12-5-3-8-14(16)10-7-11-15-9-4-6-13-17(15)2/h3-6,8-9,12-13H,7,10-11H2,1-2H3/q+2. The summed E-state index contributed by atoms with van der Waals surface area (Å²) < 4.78 is 4.40. The molecule has 0 aliphatic carbocycles. The van der Waals surface area contributed by atoms with Crippen LogP contribution in [-0.4, -0.2) is 0 Å². The second kappa shape index (κ2) is 5.58. The molecule has 0 aliphatic rings. The van der Waals surface area contributed by atoms with Crippen molar-refractivity contribution >= 4 is 0 Å². The van der Waals surface area contributed by atoms with Gasteiger partial charge in [-0.1, -0.05) is 12.1 Å². The maximum absolute atomic E-state index is 2.20. The summed E-state index contributed by atoms with van der Waals surface area (Å²) in [6.45, 7) is 0. The van der Waals surface area contributed by atoms with E-state index in [4.69, 9.17) is 0 Å². The van der Waals surface area contributed by atoms with Crippen LogP contribution in [0.25, 0.3) is 0 Å². The van der Waals surface area contributed by atoms with Crippen LogP contribution in [0.5, 0.6) is 0 Å². The van der Waals surface area contributed by atoms with Crippen LogP contribution in [0.3, 0.4) is 0 Å². The lowest BCUT2D eigenvalue weighted by molar-refractivity contribution is -0.680. The van der Waals surface area contributed by atoms with E-state index in [9.17, 15) is 0 Å². The second-order valence-electron chi connectivity index (χ2n) is 4.46. The largest absolute Gasteiger partial charge is 0.205 e. The number of pyridine rings is 2. The number of nitrogens with zero attached hydrogens (tertiary/aromatic N) is 2. The zero-order valence-electron chi connectivity index (χ0n) is 10.6. The van der Waals surface area contributed by atoms with Crippen LogP contribution in [0.4, 0.5) is 0 Å². The molecule has 0 amide bonds. The Kier molecular flexibility index (Phi) is 3.86. The molecule has 2 aromatic rings. The van der Waals surface area contributed by atoms with Crippen LogP contribution in [0.15, 0.2) is 48.8 Å². The first kappa shape index (κ1) is 11.8. The van der Waals surface area contributed by atoms with Crippen molar-refractivity contribution in [1.82, 2.24) is 0 Å². The van der Waals surface area contributed by atoms with E-state index in [0.717, 1.165) is 12.8 Å². The number of hydrogen-bond acceptors (Lipinski definition) is 0. The third-order valence-corrected chi connectivity index (χ3v) is 3.19. The fourth-order valence-electron chi connectivity index (χ4n) is 2.09. The minimum absolute atomic E-state index is 1.13. The van der Waals surface area contributed by atoms with E-state index < -0.39 is 0 Å². The third-order valence-electron chi connectivity index (χ3n) is 3.19. The van der Waals surface area contributed by atoms with Gasteiger partial charge in [0.25, 0.3) is 0 Å². The molecule has 17 heavy (non-hydrogen) atoms. The smallest absolute Gasteiger partial charge is 0.181 e. The number of aryl methyl sites for hydroxylation is 4. The van der Waals surface area contributed by atoms with Crippen LogP contribution in [0, 0.1) is 0 Å². The van der Waals surface area contributed by atoms with E-state index in [1.54, 1.807) is 0 Å². The van der Waals surface area contributed by atoms with E-state index in [2.05, 4.69) is 72.0 Å². The minimum atomic E-state index is 1.13. The third kappa shape index (κ3) is 3.13. The molecule has 2 nitrogen and oxygen atoms in total. The molecular formula is C15H20N2+2. The Balaban J connectivity index is 1.93. The monoisotopic (exact) mass is 228 g/mol. The zero-order valence-corrected chi connectivity index (χ0v) is 10.6. The van der Waals surface area contributed by atoms with Crippen molar-refractivity contribution in [3.05, 3.63) is 60.2 Å². The molecule has 0 fully saturated rings. The van der Waals surface area contributed by atoms with Gasteiger partial charge >= 0.3 is 0 Å². The van der Waals surface area contributed by atoms with Crippen LogP contribution in [0.2, 0.25) is 0 Å². The summed E-state index contributed by atoms with van der Waals surface area (Å²) in [5.41, 5.74) is 2.79. The van der Waals surface area contributed by atoms with Gasteiger partial charge in [0, 0.05) is 37.1 Å². The SMILES string of the molecule is C[n+]1ccccc1CCCc1cccc[n+]1C. The van der Waals surface area contributed by atoms with E-state index in [0.29, 0.717) is 0 Å². The summed E-state index contributed by atoms with van der Waals surface area (Å²) in [6.07, 6.45) is 7.67. The highest BCUT2D eigenvalue weighted by atomic mass is 14.9. The van der Waals surface area contributed by atoms with Crippen molar-refractivity contribution in [2.24, 2.45) is 14.1 Å². The Hall–Kier alpha value is -1.70. The first-order valence-electron chi connectivity index (χ1n) is 6.14. The highest BCUT2D eigenvalue weighted by Crippen LogP contribution is 2.01. The normalized spacial score (nSPS) is 10.5. The van der Waals surface area contributed by atoms with Crippen LogP contribution in [-0.2, 0) is 26.9 Å². The molecule has 0 saturated heterocycles. The van der Waals surface area contributed by atoms with Crippen molar-refractivity contribution in [3.8, 4) is 0 Å². The Morgan fingerprint density at radius 3 is 1.65 bits per heavy atom. The Bertz CT molecular complexity index is 446. The number of hydrogen-bond donors (Lipinski definition) is 0. The molecular weight excluding hydrogens is 208 g/mol.